The highest BCUT2D eigenvalue weighted by Crippen LogP contribution is 2.35. The molecule has 2 unspecified atom stereocenters. The van der Waals surface area contributed by atoms with Gasteiger partial charge in [0.2, 0.25) is 5.91 Å². The number of para-hydroxylation sites is 1. The van der Waals surface area contributed by atoms with Gasteiger partial charge in [0.15, 0.2) is 0 Å². The zero-order valence-corrected chi connectivity index (χ0v) is 12.9. The van der Waals surface area contributed by atoms with Crippen molar-refractivity contribution in [3.05, 3.63) is 23.2 Å². The van der Waals surface area contributed by atoms with Gasteiger partial charge in [0.25, 0.3) is 0 Å². The van der Waals surface area contributed by atoms with Crippen LogP contribution in [0.4, 0.5) is 11.4 Å². The summed E-state index contributed by atoms with van der Waals surface area (Å²) >= 11 is 6.16. The number of rotatable bonds is 4. The number of halogens is 1. The van der Waals surface area contributed by atoms with Gasteiger partial charge in [-0.3, -0.25) is 9.59 Å². The Bertz CT molecular complexity index is 560. The molecule has 1 saturated carbocycles. The van der Waals surface area contributed by atoms with Gasteiger partial charge in [0.1, 0.15) is 0 Å². The smallest absolute Gasteiger partial charge is 0.306 e. The van der Waals surface area contributed by atoms with E-state index in [-0.39, 0.29) is 11.8 Å². The number of benzene rings is 1. The zero-order chi connectivity index (χ0) is 15.6. The summed E-state index contributed by atoms with van der Waals surface area (Å²) in [6.45, 7) is 0. The monoisotopic (exact) mass is 310 g/mol. The highest BCUT2D eigenvalue weighted by Gasteiger charge is 2.34. The van der Waals surface area contributed by atoms with E-state index in [1.807, 2.05) is 19.0 Å². The van der Waals surface area contributed by atoms with Gasteiger partial charge in [-0.15, -0.1) is 0 Å². The summed E-state index contributed by atoms with van der Waals surface area (Å²) in [4.78, 5) is 25.1. The second-order valence-corrected chi connectivity index (χ2v) is 5.97. The van der Waals surface area contributed by atoms with Crippen molar-refractivity contribution in [1.29, 1.82) is 0 Å². The fourth-order valence-electron chi connectivity index (χ4n) is 2.75. The van der Waals surface area contributed by atoms with E-state index in [4.69, 9.17) is 16.7 Å². The van der Waals surface area contributed by atoms with Crippen LogP contribution in [0.15, 0.2) is 18.2 Å². The van der Waals surface area contributed by atoms with E-state index in [9.17, 15) is 9.59 Å². The van der Waals surface area contributed by atoms with Crippen molar-refractivity contribution in [2.45, 2.75) is 19.3 Å². The largest absolute Gasteiger partial charge is 0.481 e. The molecule has 2 rings (SSSR count). The molecule has 21 heavy (non-hydrogen) atoms. The number of aliphatic carboxylic acids is 1. The Morgan fingerprint density at radius 2 is 1.95 bits per heavy atom. The third kappa shape index (κ3) is 3.47. The van der Waals surface area contributed by atoms with Crippen molar-refractivity contribution < 1.29 is 14.7 Å². The molecule has 5 nitrogen and oxygen atoms in total. The Labute approximate surface area is 128 Å². The molecule has 0 bridgehead atoms. The number of anilines is 2. The molecule has 0 aromatic heterocycles. The van der Waals surface area contributed by atoms with Crippen LogP contribution in [-0.4, -0.2) is 31.1 Å². The second kappa shape index (κ2) is 6.35. The molecule has 2 atom stereocenters. The summed E-state index contributed by atoms with van der Waals surface area (Å²) in [6, 6.07) is 5.34. The molecule has 0 radical (unpaired) electrons. The summed E-state index contributed by atoms with van der Waals surface area (Å²) in [5.74, 6) is -1.61. The highest BCUT2D eigenvalue weighted by atomic mass is 35.5. The minimum absolute atomic E-state index is 0.135. The van der Waals surface area contributed by atoms with Crippen molar-refractivity contribution in [2.24, 2.45) is 11.8 Å². The minimum atomic E-state index is -0.818. The van der Waals surface area contributed by atoms with E-state index in [1.165, 1.54) is 0 Å². The lowest BCUT2D eigenvalue weighted by Gasteiger charge is -2.20. The van der Waals surface area contributed by atoms with Gasteiger partial charge in [-0.1, -0.05) is 17.7 Å². The first-order chi connectivity index (χ1) is 9.90. The van der Waals surface area contributed by atoms with E-state index in [0.717, 1.165) is 5.69 Å². The molecule has 2 N–H and O–H groups in total. The Morgan fingerprint density at radius 3 is 2.52 bits per heavy atom. The molecule has 1 aromatic rings. The first kappa shape index (κ1) is 15.6. The quantitative estimate of drug-likeness (QED) is 0.897. The Kier molecular flexibility index (Phi) is 4.73. The van der Waals surface area contributed by atoms with E-state index in [1.54, 1.807) is 18.2 Å². The molecule has 0 heterocycles. The van der Waals surface area contributed by atoms with Crippen LogP contribution in [0.1, 0.15) is 19.3 Å². The molecule has 1 aliphatic carbocycles. The Hall–Kier alpha value is -1.75. The van der Waals surface area contributed by atoms with Crippen LogP contribution in [0.5, 0.6) is 0 Å². The number of hydrogen-bond donors (Lipinski definition) is 2. The summed E-state index contributed by atoms with van der Waals surface area (Å²) in [7, 11) is 3.71. The Balaban J connectivity index is 2.11. The lowest BCUT2D eigenvalue weighted by molar-refractivity contribution is -0.141. The van der Waals surface area contributed by atoms with E-state index in [0.29, 0.717) is 30.0 Å². The molecule has 0 spiro atoms. The van der Waals surface area contributed by atoms with Crippen molar-refractivity contribution in [3.8, 4) is 0 Å². The number of amides is 1. The van der Waals surface area contributed by atoms with Crippen LogP contribution in [0.2, 0.25) is 5.02 Å². The summed E-state index contributed by atoms with van der Waals surface area (Å²) in [5.41, 5.74) is 1.40. The number of nitrogens with one attached hydrogen (secondary N) is 1. The number of carbonyl (C=O) groups excluding carboxylic acids is 1. The number of nitrogens with zero attached hydrogens (tertiary/aromatic N) is 1. The maximum Gasteiger partial charge on any atom is 0.306 e. The van der Waals surface area contributed by atoms with Crippen LogP contribution in [-0.2, 0) is 9.59 Å². The topological polar surface area (TPSA) is 69.6 Å². The molecule has 6 heteroatoms. The van der Waals surface area contributed by atoms with Crippen LogP contribution in [0, 0.1) is 11.8 Å². The predicted octanol–water partition coefficient (Wildman–Crippen LogP) is 2.85. The van der Waals surface area contributed by atoms with Crippen LogP contribution < -0.4 is 10.2 Å². The average Bonchev–Trinajstić information content (AvgIpc) is 2.88. The maximum absolute atomic E-state index is 12.3. The van der Waals surface area contributed by atoms with Gasteiger partial charge in [-0.05, 0) is 31.4 Å². The van der Waals surface area contributed by atoms with Crippen molar-refractivity contribution >= 4 is 34.9 Å². The maximum atomic E-state index is 12.3. The van der Waals surface area contributed by atoms with Gasteiger partial charge in [-0.25, -0.2) is 0 Å². The highest BCUT2D eigenvalue weighted by molar-refractivity contribution is 6.34. The first-order valence-corrected chi connectivity index (χ1v) is 7.27. The molecule has 0 saturated heterocycles. The van der Waals surface area contributed by atoms with Gasteiger partial charge < -0.3 is 15.3 Å². The van der Waals surface area contributed by atoms with Crippen LogP contribution in [0.25, 0.3) is 0 Å². The van der Waals surface area contributed by atoms with Crippen molar-refractivity contribution in [2.75, 3.05) is 24.3 Å². The molecular formula is C15H19ClN2O3. The standard InChI is InChI=1S/C15H19ClN2O3/c1-18(2)13-11(16)4-3-5-12(13)17-14(19)9-6-7-10(8-9)15(20)21/h3-5,9-10H,6-8H2,1-2H3,(H,17,19)(H,20,21). The fourth-order valence-corrected chi connectivity index (χ4v) is 3.09. The minimum Gasteiger partial charge on any atom is -0.481 e. The second-order valence-electron chi connectivity index (χ2n) is 5.56. The molecular weight excluding hydrogens is 292 g/mol. The van der Waals surface area contributed by atoms with Gasteiger partial charge in [0.05, 0.1) is 22.3 Å². The number of carbonyl (C=O) groups is 2. The SMILES string of the molecule is CN(C)c1c(Cl)cccc1NC(=O)C1CCC(C(=O)O)C1. The zero-order valence-electron chi connectivity index (χ0n) is 12.1. The lowest BCUT2D eigenvalue weighted by Crippen LogP contribution is -2.23. The number of hydrogen-bond acceptors (Lipinski definition) is 3. The molecule has 1 aromatic carbocycles. The van der Waals surface area contributed by atoms with Crippen LogP contribution in [0.3, 0.4) is 0 Å². The molecule has 1 aliphatic rings. The van der Waals surface area contributed by atoms with E-state index >= 15 is 0 Å². The fraction of sp³-hybridized carbons (Fsp3) is 0.467. The molecule has 114 valence electrons. The lowest BCUT2D eigenvalue weighted by atomic mass is 10.0. The van der Waals surface area contributed by atoms with Crippen LogP contribution >= 0.6 is 11.6 Å². The number of carboxylic acids is 1. The summed E-state index contributed by atoms with van der Waals surface area (Å²) in [6.07, 6.45) is 1.57. The van der Waals surface area contributed by atoms with E-state index in [2.05, 4.69) is 5.32 Å². The summed E-state index contributed by atoms with van der Waals surface area (Å²) < 4.78 is 0. The molecule has 0 aliphatic heterocycles. The van der Waals surface area contributed by atoms with Crippen molar-refractivity contribution in [1.82, 2.24) is 0 Å². The third-order valence-electron chi connectivity index (χ3n) is 3.84. The molecule has 1 amide bonds. The van der Waals surface area contributed by atoms with Crippen molar-refractivity contribution in [3.63, 3.8) is 0 Å². The number of carboxylic acid groups (broad SMARTS) is 1. The summed E-state index contributed by atoms with van der Waals surface area (Å²) in [5, 5.41) is 12.4. The normalized spacial score (nSPS) is 21.1. The third-order valence-corrected chi connectivity index (χ3v) is 4.15. The Morgan fingerprint density at radius 1 is 1.29 bits per heavy atom. The van der Waals surface area contributed by atoms with Gasteiger partial charge in [0, 0.05) is 20.0 Å². The van der Waals surface area contributed by atoms with Gasteiger partial charge >= 0.3 is 5.97 Å². The van der Waals surface area contributed by atoms with E-state index < -0.39 is 11.9 Å². The van der Waals surface area contributed by atoms with Gasteiger partial charge in [-0.2, -0.15) is 0 Å². The first-order valence-electron chi connectivity index (χ1n) is 6.89. The predicted molar refractivity (Wildman–Crippen MR) is 82.9 cm³/mol. The average molecular weight is 311 g/mol. The molecule has 1 fully saturated rings.